The first-order valence-electron chi connectivity index (χ1n) is 16.8. The average molecular weight is 670 g/mol. The van der Waals surface area contributed by atoms with Gasteiger partial charge in [-0.15, -0.1) is 0 Å². The third-order valence-electron chi connectivity index (χ3n) is 10.2. The molecule has 0 bridgehead atoms. The first-order valence-corrected chi connectivity index (χ1v) is 21.1. The van der Waals surface area contributed by atoms with Crippen molar-refractivity contribution in [2.45, 2.75) is 87.3 Å². The summed E-state index contributed by atoms with van der Waals surface area (Å²) in [6.45, 7) is 23.3. The van der Waals surface area contributed by atoms with E-state index in [4.69, 9.17) is 0 Å². The molecule has 2 atom stereocenters. The van der Waals surface area contributed by atoms with Gasteiger partial charge in [-0.3, -0.25) is 0 Å². The molecule has 1 heteroatoms. The molecule has 0 saturated carbocycles. The van der Waals surface area contributed by atoms with E-state index in [0.717, 1.165) is 0 Å². The van der Waals surface area contributed by atoms with Crippen LogP contribution in [0, 0.1) is 5.92 Å². The second kappa shape index (κ2) is 12.0. The van der Waals surface area contributed by atoms with Gasteiger partial charge >= 0.3 is 282 Å². The Labute approximate surface area is 280 Å². The quantitative estimate of drug-likeness (QED) is 0.198. The summed E-state index contributed by atoms with van der Waals surface area (Å²) in [5, 5.41) is 0. The molecule has 4 aromatic carbocycles. The molecule has 0 radical (unpaired) electrons. The van der Waals surface area contributed by atoms with Crippen LogP contribution in [0.1, 0.15) is 110 Å². The zero-order valence-corrected chi connectivity index (χ0v) is 31.5. The summed E-state index contributed by atoms with van der Waals surface area (Å²) in [7, 11) is 0. The fraction of sp³-hybridized carbons (Fsp3) is 0.341. The molecule has 2 aliphatic rings. The Balaban J connectivity index is 1.42. The van der Waals surface area contributed by atoms with Crippen molar-refractivity contribution in [1.29, 1.82) is 0 Å². The Morgan fingerprint density at radius 1 is 0.600 bits per heavy atom. The fourth-order valence-corrected chi connectivity index (χ4v) is 16.5. The summed E-state index contributed by atoms with van der Waals surface area (Å²) in [5.74, 6) is 0.520. The molecular formula is C44H50Zr. The van der Waals surface area contributed by atoms with E-state index in [1.165, 1.54) is 44.5 Å². The number of allylic oxidation sites excluding steroid dienone is 2. The molecule has 4 aromatic rings. The zero-order valence-electron chi connectivity index (χ0n) is 29.0. The van der Waals surface area contributed by atoms with Crippen LogP contribution < -0.4 is 0 Å². The van der Waals surface area contributed by atoms with Crippen LogP contribution in [-0.4, -0.2) is 3.71 Å². The van der Waals surface area contributed by atoms with Crippen LogP contribution in [-0.2, 0) is 32.1 Å². The Morgan fingerprint density at radius 2 is 1.04 bits per heavy atom. The normalized spacial score (nSPS) is 18.2. The van der Waals surface area contributed by atoms with Crippen LogP contribution >= 0.6 is 0 Å². The molecule has 0 nitrogen and oxygen atoms in total. The number of fused-ring (bicyclic) bond motifs is 2. The Kier molecular flexibility index (Phi) is 8.58. The molecule has 0 N–H and O–H groups in total. The van der Waals surface area contributed by atoms with E-state index in [0.29, 0.717) is 13.2 Å². The predicted molar refractivity (Wildman–Crippen MR) is 195 cm³/mol. The summed E-state index contributed by atoms with van der Waals surface area (Å²) in [6, 6.07) is 32.8. The van der Waals surface area contributed by atoms with Crippen molar-refractivity contribution in [1.82, 2.24) is 0 Å². The maximum absolute atomic E-state index is 2.70. The summed E-state index contributed by atoms with van der Waals surface area (Å²) in [4.78, 5) is 0. The number of hydrogen-bond donors (Lipinski definition) is 0. The molecule has 0 amide bonds. The average Bonchev–Trinajstić information content (AvgIpc) is 3.55. The van der Waals surface area contributed by atoms with Gasteiger partial charge in [0, 0.05) is 0 Å². The van der Waals surface area contributed by atoms with Crippen molar-refractivity contribution in [3.05, 3.63) is 129 Å². The van der Waals surface area contributed by atoms with E-state index in [9.17, 15) is 0 Å². The monoisotopic (exact) mass is 668 g/mol. The number of hydrogen-bond acceptors (Lipinski definition) is 0. The predicted octanol–water partition coefficient (Wildman–Crippen LogP) is 12.3. The van der Waals surface area contributed by atoms with Crippen molar-refractivity contribution < 1.29 is 21.3 Å². The van der Waals surface area contributed by atoms with Gasteiger partial charge in [0.1, 0.15) is 0 Å². The Morgan fingerprint density at radius 3 is 1.47 bits per heavy atom. The van der Waals surface area contributed by atoms with E-state index in [1.54, 1.807) is 22.3 Å². The SMILES string of the molecule is C[CH]=[Zr]([CH]1C(C)=Cc2c(-c3ccc(C(C)(C)C)cc3)cccc21)[CH]1C(C(C)C)=Cc2c(-c3ccc(C(C)(C)C)cc3)cccc21. The van der Waals surface area contributed by atoms with Gasteiger partial charge in [-0.05, 0) is 0 Å². The third kappa shape index (κ3) is 5.92. The van der Waals surface area contributed by atoms with Gasteiger partial charge in [0.25, 0.3) is 0 Å². The molecule has 45 heavy (non-hydrogen) atoms. The van der Waals surface area contributed by atoms with Crippen molar-refractivity contribution in [3.63, 3.8) is 0 Å². The molecule has 6 rings (SSSR count). The van der Waals surface area contributed by atoms with E-state index in [1.807, 2.05) is 0 Å². The van der Waals surface area contributed by atoms with Crippen molar-refractivity contribution in [3.8, 4) is 22.3 Å². The maximum atomic E-state index is 2.70. The van der Waals surface area contributed by atoms with Crippen molar-refractivity contribution >= 4 is 15.9 Å². The second-order valence-corrected chi connectivity index (χ2v) is 22.3. The Bertz CT molecular complexity index is 1830. The van der Waals surface area contributed by atoms with Crippen LogP contribution in [0.15, 0.2) is 96.1 Å². The summed E-state index contributed by atoms with van der Waals surface area (Å²) < 4.78 is 3.80. The molecule has 230 valence electrons. The molecule has 0 heterocycles. The number of rotatable bonds is 5. The molecule has 2 aliphatic carbocycles. The Hall–Kier alpha value is -2.89. The van der Waals surface area contributed by atoms with Crippen molar-refractivity contribution in [2.24, 2.45) is 5.92 Å². The van der Waals surface area contributed by atoms with Crippen molar-refractivity contribution in [2.75, 3.05) is 0 Å². The van der Waals surface area contributed by atoms with Crippen LogP contribution in [0.25, 0.3) is 34.4 Å². The first kappa shape index (κ1) is 32.1. The molecule has 0 fully saturated rings. The first-order chi connectivity index (χ1) is 21.3. The third-order valence-corrected chi connectivity index (χ3v) is 18.5. The minimum atomic E-state index is -2.30. The summed E-state index contributed by atoms with van der Waals surface area (Å²) in [6.07, 6.45) is 5.11. The van der Waals surface area contributed by atoms with Gasteiger partial charge in [0.15, 0.2) is 0 Å². The molecule has 2 unspecified atom stereocenters. The van der Waals surface area contributed by atoms with Gasteiger partial charge in [0.2, 0.25) is 0 Å². The van der Waals surface area contributed by atoms with Crippen LogP contribution in [0.3, 0.4) is 0 Å². The summed E-state index contributed by atoms with van der Waals surface area (Å²) >= 11 is -2.30. The van der Waals surface area contributed by atoms with Gasteiger partial charge < -0.3 is 0 Å². The summed E-state index contributed by atoms with van der Waals surface area (Å²) in [5.41, 5.74) is 17.7. The topological polar surface area (TPSA) is 0 Å². The standard InChI is InChI=1S/C22H25.C20H21.C2H4.Zr/c1-15(2)18-13-17-7-6-8-20(21(17)14-18)16-9-11-19(12-10-16)22(3,4)5;1-14-12-16-6-5-7-18(19(16)13-14)15-8-10-17(11-9-15)20(2,3)4;1-2;/h6-15H,1-5H3;5-13H,1-4H3;1H,2H3;. The number of benzene rings is 4. The fourth-order valence-electron chi connectivity index (χ4n) is 7.60. The van der Waals surface area contributed by atoms with E-state index >= 15 is 0 Å². The molecule has 0 aromatic heterocycles. The van der Waals surface area contributed by atoms with Crippen LogP contribution in [0.5, 0.6) is 0 Å². The van der Waals surface area contributed by atoms with E-state index < -0.39 is 21.3 Å². The van der Waals surface area contributed by atoms with Gasteiger partial charge in [-0.25, -0.2) is 0 Å². The van der Waals surface area contributed by atoms with Crippen LogP contribution in [0.2, 0.25) is 0 Å². The van der Waals surface area contributed by atoms with Gasteiger partial charge in [0.05, 0.1) is 0 Å². The van der Waals surface area contributed by atoms with E-state index in [-0.39, 0.29) is 10.8 Å². The molecular weight excluding hydrogens is 620 g/mol. The zero-order chi connectivity index (χ0) is 32.3. The molecule has 0 aliphatic heterocycles. The molecule has 0 saturated heterocycles. The van der Waals surface area contributed by atoms with Gasteiger partial charge in [-0.2, -0.15) is 0 Å². The van der Waals surface area contributed by atoms with Crippen LogP contribution in [0.4, 0.5) is 0 Å². The second-order valence-electron chi connectivity index (χ2n) is 15.6. The minimum absolute atomic E-state index is 0.157. The van der Waals surface area contributed by atoms with Gasteiger partial charge in [-0.1, -0.05) is 0 Å². The molecule has 0 spiro atoms. The van der Waals surface area contributed by atoms with E-state index in [2.05, 4.69) is 170 Å².